The minimum Gasteiger partial charge on any atom is -0.481 e. The Balaban J connectivity index is 1.92. The summed E-state index contributed by atoms with van der Waals surface area (Å²) in [6.45, 7) is 0. The molecule has 0 saturated carbocycles. The van der Waals surface area contributed by atoms with Crippen LogP contribution in [0, 0.1) is 0 Å². The minimum atomic E-state index is -0.941. The molecule has 0 aliphatic heterocycles. The van der Waals surface area contributed by atoms with E-state index in [1.54, 1.807) is 0 Å². The number of nitrogens with one attached hydrogen (secondary N) is 1. The van der Waals surface area contributed by atoms with Gasteiger partial charge in [0.25, 0.3) is 0 Å². The van der Waals surface area contributed by atoms with E-state index in [-0.39, 0.29) is 17.4 Å². The number of fused-ring (bicyclic) bond motifs is 1. The topological polar surface area (TPSA) is 86.6 Å². The highest BCUT2D eigenvalue weighted by molar-refractivity contribution is 8.00. The fourth-order valence-electron chi connectivity index (χ4n) is 2.19. The van der Waals surface area contributed by atoms with E-state index in [2.05, 4.69) is 5.32 Å². The molecule has 0 bridgehead atoms. The summed E-state index contributed by atoms with van der Waals surface area (Å²) in [5.74, 6) is -1.22. The largest absolute Gasteiger partial charge is 0.481 e. The highest BCUT2D eigenvalue weighted by atomic mass is 32.2. The molecule has 0 saturated heterocycles. The summed E-state index contributed by atoms with van der Waals surface area (Å²) in [7, 11) is 0. The van der Waals surface area contributed by atoms with Gasteiger partial charge in [0.05, 0.1) is 23.7 Å². The van der Waals surface area contributed by atoms with Crippen molar-refractivity contribution in [1.82, 2.24) is 5.32 Å². The maximum atomic E-state index is 11.7. The van der Waals surface area contributed by atoms with Crippen LogP contribution in [0.5, 0.6) is 0 Å². The van der Waals surface area contributed by atoms with Crippen LogP contribution in [-0.2, 0) is 16.0 Å². The van der Waals surface area contributed by atoms with E-state index in [1.165, 1.54) is 0 Å². The average molecular weight is 281 g/mol. The summed E-state index contributed by atoms with van der Waals surface area (Å²) in [5, 5.41) is 21.2. The van der Waals surface area contributed by atoms with Gasteiger partial charge in [-0.2, -0.15) is 0 Å². The Morgan fingerprint density at radius 1 is 1.32 bits per heavy atom. The number of aliphatic hydroxyl groups excluding tert-OH is 1. The third kappa shape index (κ3) is 3.48. The van der Waals surface area contributed by atoms with Gasteiger partial charge in [0.2, 0.25) is 5.91 Å². The first-order valence-corrected chi connectivity index (χ1v) is 7.08. The molecular weight excluding hydrogens is 266 g/mol. The van der Waals surface area contributed by atoms with Crippen molar-refractivity contribution < 1.29 is 19.8 Å². The summed E-state index contributed by atoms with van der Waals surface area (Å²) in [4.78, 5) is 22.0. The second kappa shape index (κ2) is 6.08. The molecular formula is C13H15NO4S. The highest BCUT2D eigenvalue weighted by Crippen LogP contribution is 2.31. The number of amides is 1. The lowest BCUT2D eigenvalue weighted by Gasteiger charge is -2.17. The first kappa shape index (κ1) is 13.9. The molecule has 0 spiro atoms. The van der Waals surface area contributed by atoms with E-state index in [4.69, 9.17) is 5.11 Å². The number of rotatable bonds is 5. The van der Waals surface area contributed by atoms with Crippen LogP contribution in [0.4, 0.5) is 0 Å². The number of carboxylic acid groups (broad SMARTS) is 1. The van der Waals surface area contributed by atoms with Gasteiger partial charge in [0.1, 0.15) is 0 Å². The van der Waals surface area contributed by atoms with Crippen LogP contribution < -0.4 is 5.32 Å². The standard InChI is InChI=1S/C13H15NO4S/c15-10-5-8-3-1-2-4-9(8)13(10)14-11(16)6-19-7-12(17)18/h1-4,10,13,15H,5-7H2,(H,14,16)(H,17,18)/t10-,13+/m0/s1. The molecule has 102 valence electrons. The van der Waals surface area contributed by atoms with Gasteiger partial charge in [-0.3, -0.25) is 9.59 Å². The van der Waals surface area contributed by atoms with Crippen molar-refractivity contribution in [3.63, 3.8) is 0 Å². The molecule has 1 aromatic rings. The maximum absolute atomic E-state index is 11.7. The number of hydrogen-bond donors (Lipinski definition) is 3. The van der Waals surface area contributed by atoms with Crippen molar-refractivity contribution in [2.24, 2.45) is 0 Å². The molecule has 1 amide bonds. The van der Waals surface area contributed by atoms with Crippen LogP contribution >= 0.6 is 11.8 Å². The lowest BCUT2D eigenvalue weighted by atomic mass is 10.1. The number of hydrogen-bond acceptors (Lipinski definition) is 4. The summed E-state index contributed by atoms with van der Waals surface area (Å²) in [6, 6.07) is 7.20. The Morgan fingerprint density at radius 3 is 2.79 bits per heavy atom. The van der Waals surface area contributed by atoms with Crippen molar-refractivity contribution in [3.8, 4) is 0 Å². The summed E-state index contributed by atoms with van der Waals surface area (Å²) in [5.41, 5.74) is 1.98. The predicted molar refractivity (Wildman–Crippen MR) is 72.0 cm³/mol. The van der Waals surface area contributed by atoms with Gasteiger partial charge in [-0.05, 0) is 11.1 Å². The normalized spacial score (nSPS) is 20.9. The average Bonchev–Trinajstić information content (AvgIpc) is 2.66. The number of carbonyl (C=O) groups is 2. The van der Waals surface area contributed by atoms with Gasteiger partial charge in [-0.15, -0.1) is 11.8 Å². The molecule has 5 nitrogen and oxygen atoms in total. The van der Waals surface area contributed by atoms with E-state index < -0.39 is 18.1 Å². The van der Waals surface area contributed by atoms with Crippen LogP contribution in [0.1, 0.15) is 17.2 Å². The second-order valence-electron chi connectivity index (χ2n) is 4.40. The molecule has 19 heavy (non-hydrogen) atoms. The van der Waals surface area contributed by atoms with Crippen LogP contribution in [0.3, 0.4) is 0 Å². The Morgan fingerprint density at radius 2 is 2.05 bits per heavy atom. The van der Waals surface area contributed by atoms with E-state index in [1.807, 2.05) is 24.3 Å². The fourth-order valence-corrected chi connectivity index (χ4v) is 2.74. The number of carbonyl (C=O) groups excluding carboxylic acids is 1. The van der Waals surface area contributed by atoms with E-state index in [0.717, 1.165) is 22.9 Å². The lowest BCUT2D eigenvalue weighted by molar-refractivity contribution is -0.133. The van der Waals surface area contributed by atoms with Gasteiger partial charge < -0.3 is 15.5 Å². The van der Waals surface area contributed by atoms with Crippen LogP contribution in [0.25, 0.3) is 0 Å². The number of benzene rings is 1. The van der Waals surface area contributed by atoms with E-state index >= 15 is 0 Å². The molecule has 6 heteroatoms. The van der Waals surface area contributed by atoms with Crippen molar-refractivity contribution >= 4 is 23.6 Å². The number of aliphatic hydroxyl groups is 1. The Kier molecular flexibility index (Phi) is 4.44. The Bertz CT molecular complexity index is 491. The predicted octanol–water partition coefficient (Wildman–Crippen LogP) is 0.579. The number of aliphatic carboxylic acids is 1. The van der Waals surface area contributed by atoms with Crippen molar-refractivity contribution in [2.45, 2.75) is 18.6 Å². The van der Waals surface area contributed by atoms with Crippen LogP contribution in [0.2, 0.25) is 0 Å². The zero-order valence-electron chi connectivity index (χ0n) is 10.2. The first-order valence-electron chi connectivity index (χ1n) is 5.92. The SMILES string of the molecule is O=C(O)CSCC(=O)N[C@@H]1c2ccccc2C[C@@H]1O. The summed E-state index contributed by atoms with van der Waals surface area (Å²) < 4.78 is 0. The molecule has 0 aromatic heterocycles. The zero-order chi connectivity index (χ0) is 13.8. The highest BCUT2D eigenvalue weighted by Gasteiger charge is 2.31. The van der Waals surface area contributed by atoms with Crippen molar-refractivity contribution in [1.29, 1.82) is 0 Å². The molecule has 2 atom stereocenters. The number of thioether (sulfide) groups is 1. The van der Waals surface area contributed by atoms with Gasteiger partial charge in [0.15, 0.2) is 0 Å². The third-order valence-electron chi connectivity index (χ3n) is 2.98. The maximum Gasteiger partial charge on any atom is 0.313 e. The molecule has 0 radical (unpaired) electrons. The van der Waals surface area contributed by atoms with E-state index in [0.29, 0.717) is 6.42 Å². The Hall–Kier alpha value is -1.53. The third-order valence-corrected chi connectivity index (χ3v) is 3.90. The molecule has 1 aliphatic carbocycles. The number of carboxylic acids is 1. The molecule has 1 aliphatic rings. The molecule has 0 unspecified atom stereocenters. The van der Waals surface area contributed by atoms with Gasteiger partial charge in [-0.1, -0.05) is 24.3 Å². The zero-order valence-corrected chi connectivity index (χ0v) is 11.0. The molecule has 0 heterocycles. The minimum absolute atomic E-state index is 0.0810. The fraction of sp³-hybridized carbons (Fsp3) is 0.385. The quantitative estimate of drug-likeness (QED) is 0.735. The van der Waals surface area contributed by atoms with Crippen LogP contribution in [0.15, 0.2) is 24.3 Å². The molecule has 0 fully saturated rings. The first-order chi connectivity index (χ1) is 9.08. The Labute approximate surface area is 115 Å². The molecule has 1 aromatic carbocycles. The smallest absolute Gasteiger partial charge is 0.313 e. The van der Waals surface area contributed by atoms with Crippen molar-refractivity contribution in [3.05, 3.63) is 35.4 Å². The van der Waals surface area contributed by atoms with Gasteiger partial charge in [0, 0.05) is 6.42 Å². The van der Waals surface area contributed by atoms with Gasteiger partial charge in [-0.25, -0.2) is 0 Å². The van der Waals surface area contributed by atoms with E-state index in [9.17, 15) is 14.7 Å². The monoisotopic (exact) mass is 281 g/mol. The lowest BCUT2D eigenvalue weighted by Crippen LogP contribution is -2.35. The van der Waals surface area contributed by atoms with Gasteiger partial charge >= 0.3 is 5.97 Å². The van der Waals surface area contributed by atoms with Crippen molar-refractivity contribution in [2.75, 3.05) is 11.5 Å². The molecule has 3 N–H and O–H groups in total. The summed E-state index contributed by atoms with van der Waals surface area (Å²) in [6.07, 6.45) is -0.0885. The molecule has 2 rings (SSSR count). The second-order valence-corrected chi connectivity index (χ2v) is 5.39. The summed E-state index contributed by atoms with van der Waals surface area (Å²) >= 11 is 1.04. The van der Waals surface area contributed by atoms with Crippen LogP contribution in [-0.4, -0.2) is 39.7 Å².